The fraction of sp³-hybridized carbons (Fsp3) is 0.417. The van der Waals surface area contributed by atoms with Gasteiger partial charge in [0.15, 0.2) is 11.5 Å². The summed E-state index contributed by atoms with van der Waals surface area (Å²) in [6, 6.07) is 4.09. The van der Waals surface area contributed by atoms with Crippen LogP contribution in [0.15, 0.2) is 18.2 Å². The van der Waals surface area contributed by atoms with Crippen molar-refractivity contribution in [2.75, 3.05) is 7.11 Å². The summed E-state index contributed by atoms with van der Waals surface area (Å²) in [5.74, 6) is 0.0246. The van der Waals surface area contributed by atoms with E-state index in [0.29, 0.717) is 24.3 Å². The van der Waals surface area contributed by atoms with Gasteiger partial charge >= 0.3 is 0 Å². The van der Waals surface area contributed by atoms with Crippen LogP contribution in [-0.2, 0) is 4.79 Å². The lowest BCUT2D eigenvalue weighted by atomic mass is 9.82. The Morgan fingerprint density at radius 3 is 2.71 bits per heavy atom. The first-order valence-electron chi connectivity index (χ1n) is 5.39. The number of halogens is 1. The van der Waals surface area contributed by atoms with E-state index >= 15 is 0 Å². The number of primary amides is 1. The molecule has 17 heavy (non-hydrogen) atoms. The Morgan fingerprint density at radius 2 is 2.12 bits per heavy atom. The summed E-state index contributed by atoms with van der Waals surface area (Å²) in [5.41, 5.74) is 5.15. The number of nitrogens with two attached hydrogens (primary N) is 1. The van der Waals surface area contributed by atoms with Crippen molar-refractivity contribution >= 4 is 5.91 Å². The molecule has 5 heteroatoms. The maximum atomic E-state index is 13.1. The van der Waals surface area contributed by atoms with Crippen LogP contribution in [-0.4, -0.2) is 19.1 Å². The number of ether oxygens (including phenoxy) is 2. The van der Waals surface area contributed by atoms with Gasteiger partial charge in [0.05, 0.1) is 7.11 Å². The van der Waals surface area contributed by atoms with Gasteiger partial charge in [-0.05, 0) is 25.0 Å². The molecule has 0 bridgehead atoms. The smallest absolute Gasteiger partial charge is 0.220 e. The van der Waals surface area contributed by atoms with Crippen LogP contribution in [0.25, 0.3) is 0 Å². The van der Waals surface area contributed by atoms with Gasteiger partial charge in [0, 0.05) is 12.0 Å². The van der Waals surface area contributed by atoms with Crippen molar-refractivity contribution in [3.05, 3.63) is 24.0 Å². The zero-order chi connectivity index (χ0) is 12.4. The Morgan fingerprint density at radius 1 is 1.41 bits per heavy atom. The molecule has 1 aromatic carbocycles. The first-order chi connectivity index (χ1) is 8.10. The van der Waals surface area contributed by atoms with Crippen LogP contribution >= 0.6 is 0 Å². The van der Waals surface area contributed by atoms with Crippen LogP contribution in [0, 0.1) is 11.7 Å². The highest BCUT2D eigenvalue weighted by Crippen LogP contribution is 2.35. The lowest BCUT2D eigenvalue weighted by Gasteiger charge is -2.33. The highest BCUT2D eigenvalue weighted by molar-refractivity contribution is 5.77. The van der Waals surface area contributed by atoms with Crippen molar-refractivity contribution in [1.29, 1.82) is 0 Å². The number of amides is 1. The summed E-state index contributed by atoms with van der Waals surface area (Å²) >= 11 is 0. The van der Waals surface area contributed by atoms with Gasteiger partial charge in [-0.3, -0.25) is 4.79 Å². The topological polar surface area (TPSA) is 61.6 Å². The third-order valence-corrected chi connectivity index (χ3v) is 2.92. The molecule has 2 N–H and O–H groups in total. The summed E-state index contributed by atoms with van der Waals surface area (Å²) in [4.78, 5) is 10.8. The molecule has 0 heterocycles. The molecule has 1 aliphatic carbocycles. The van der Waals surface area contributed by atoms with E-state index in [1.165, 1.54) is 25.3 Å². The first-order valence-corrected chi connectivity index (χ1v) is 5.39. The molecule has 1 aliphatic rings. The molecule has 0 radical (unpaired) electrons. The lowest BCUT2D eigenvalue weighted by Crippen LogP contribution is -2.41. The van der Waals surface area contributed by atoms with E-state index in [1.807, 2.05) is 0 Å². The lowest BCUT2D eigenvalue weighted by molar-refractivity contribution is -0.127. The molecule has 1 aromatic rings. The number of hydrogen-bond acceptors (Lipinski definition) is 3. The van der Waals surface area contributed by atoms with Gasteiger partial charge in [-0.2, -0.15) is 0 Å². The molecule has 1 saturated carbocycles. The summed E-state index contributed by atoms with van der Waals surface area (Å²) in [6.45, 7) is 0. The second-order valence-electron chi connectivity index (χ2n) is 4.11. The fourth-order valence-corrected chi connectivity index (χ4v) is 1.82. The maximum absolute atomic E-state index is 13.1. The molecule has 1 amide bonds. The molecule has 0 aromatic heterocycles. The largest absolute Gasteiger partial charge is 0.493 e. The summed E-state index contributed by atoms with van der Waals surface area (Å²) in [7, 11) is 1.49. The van der Waals surface area contributed by atoms with E-state index in [1.54, 1.807) is 0 Å². The van der Waals surface area contributed by atoms with E-state index in [0.717, 1.165) is 0 Å². The van der Waals surface area contributed by atoms with Gasteiger partial charge in [0.25, 0.3) is 0 Å². The Balaban J connectivity index is 2.00. The minimum Gasteiger partial charge on any atom is -0.493 e. The van der Waals surface area contributed by atoms with Gasteiger partial charge in [-0.1, -0.05) is 0 Å². The minimum atomic E-state index is -0.383. The maximum Gasteiger partial charge on any atom is 0.220 e. The number of benzene rings is 1. The zero-order valence-electron chi connectivity index (χ0n) is 9.48. The SMILES string of the molecule is COc1ccc(F)cc1O[C@H]1C[C@H](C(N)=O)C1. The van der Waals surface area contributed by atoms with E-state index in [9.17, 15) is 9.18 Å². The molecule has 92 valence electrons. The van der Waals surface area contributed by atoms with Gasteiger partial charge < -0.3 is 15.2 Å². The quantitative estimate of drug-likeness (QED) is 0.865. The first kappa shape index (κ1) is 11.7. The monoisotopic (exact) mass is 239 g/mol. The zero-order valence-corrected chi connectivity index (χ0v) is 9.48. The number of methoxy groups -OCH3 is 1. The predicted molar refractivity (Wildman–Crippen MR) is 59.3 cm³/mol. The summed E-state index contributed by atoms with van der Waals surface area (Å²) in [5, 5.41) is 0. The van der Waals surface area contributed by atoms with Crippen molar-refractivity contribution in [3.8, 4) is 11.5 Å². The average molecular weight is 239 g/mol. The third-order valence-electron chi connectivity index (χ3n) is 2.92. The number of carbonyl (C=O) groups is 1. The Hall–Kier alpha value is -1.78. The van der Waals surface area contributed by atoms with Crippen molar-refractivity contribution in [3.63, 3.8) is 0 Å². The van der Waals surface area contributed by atoms with Gasteiger partial charge in [0.1, 0.15) is 11.9 Å². The van der Waals surface area contributed by atoms with Crippen LogP contribution in [0.3, 0.4) is 0 Å². The normalized spacial score (nSPS) is 22.7. The van der Waals surface area contributed by atoms with Crippen LogP contribution in [0.5, 0.6) is 11.5 Å². The molecule has 0 unspecified atom stereocenters. The van der Waals surface area contributed by atoms with E-state index in [-0.39, 0.29) is 23.7 Å². The molecular formula is C12H14FNO3. The fourth-order valence-electron chi connectivity index (χ4n) is 1.82. The van der Waals surface area contributed by atoms with Crippen molar-refractivity contribution < 1.29 is 18.7 Å². The summed E-state index contributed by atoms with van der Waals surface area (Å²) < 4.78 is 23.7. The van der Waals surface area contributed by atoms with Gasteiger partial charge in [-0.25, -0.2) is 4.39 Å². The van der Waals surface area contributed by atoms with Crippen LogP contribution in [0.1, 0.15) is 12.8 Å². The number of carbonyl (C=O) groups excluding carboxylic acids is 1. The Bertz CT molecular complexity index is 430. The Labute approximate surface area is 98.5 Å². The minimum absolute atomic E-state index is 0.0943. The highest BCUT2D eigenvalue weighted by atomic mass is 19.1. The van der Waals surface area contributed by atoms with Gasteiger partial charge in [0.2, 0.25) is 5.91 Å². The standard InChI is InChI=1S/C12H14FNO3/c1-16-10-3-2-8(13)6-11(10)17-9-4-7(5-9)12(14)15/h2-3,6-7,9H,4-5H2,1H3,(H2,14,15)/t7-,9-. The van der Waals surface area contributed by atoms with Crippen molar-refractivity contribution in [1.82, 2.24) is 0 Å². The molecular weight excluding hydrogens is 225 g/mol. The predicted octanol–water partition coefficient (Wildman–Crippen LogP) is 1.48. The Kier molecular flexibility index (Phi) is 3.17. The van der Waals surface area contributed by atoms with Crippen molar-refractivity contribution in [2.24, 2.45) is 11.7 Å². The number of hydrogen-bond donors (Lipinski definition) is 1. The van der Waals surface area contributed by atoms with Crippen LogP contribution in [0.4, 0.5) is 4.39 Å². The van der Waals surface area contributed by atoms with Gasteiger partial charge in [-0.15, -0.1) is 0 Å². The van der Waals surface area contributed by atoms with Crippen LogP contribution < -0.4 is 15.2 Å². The molecule has 4 nitrogen and oxygen atoms in total. The van der Waals surface area contributed by atoms with E-state index in [2.05, 4.69) is 0 Å². The third kappa shape index (κ3) is 2.49. The van der Waals surface area contributed by atoms with E-state index < -0.39 is 0 Å². The molecule has 0 aliphatic heterocycles. The molecule has 2 rings (SSSR count). The summed E-state index contributed by atoms with van der Waals surface area (Å²) in [6.07, 6.45) is 1.06. The highest BCUT2D eigenvalue weighted by Gasteiger charge is 2.35. The molecule has 0 atom stereocenters. The van der Waals surface area contributed by atoms with Crippen molar-refractivity contribution in [2.45, 2.75) is 18.9 Å². The second-order valence-corrected chi connectivity index (χ2v) is 4.11. The van der Waals surface area contributed by atoms with E-state index in [4.69, 9.17) is 15.2 Å². The second kappa shape index (κ2) is 4.61. The van der Waals surface area contributed by atoms with Crippen LogP contribution in [0.2, 0.25) is 0 Å². The number of rotatable bonds is 4. The molecule has 0 saturated heterocycles. The molecule has 0 spiro atoms. The average Bonchev–Trinajstić information content (AvgIpc) is 2.22. The molecule has 1 fully saturated rings.